The van der Waals surface area contributed by atoms with Gasteiger partial charge in [0.05, 0.1) is 0 Å². The lowest BCUT2D eigenvalue weighted by Gasteiger charge is -2.22. The topological polar surface area (TPSA) is 12.0 Å². The second-order valence-electron chi connectivity index (χ2n) is 6.62. The molecule has 0 aliphatic heterocycles. The molecule has 0 saturated heterocycles. The third-order valence-electron chi connectivity index (χ3n) is 4.21. The molecule has 2 atom stereocenters. The maximum atomic E-state index is 3.69. The lowest BCUT2D eigenvalue weighted by atomic mass is 9.94. The molecule has 2 unspecified atom stereocenters. The minimum Gasteiger partial charge on any atom is -0.310 e. The minimum absolute atomic E-state index is 0.453. The summed E-state index contributed by atoms with van der Waals surface area (Å²) in [6.45, 7) is 7.96. The van der Waals surface area contributed by atoms with Crippen LogP contribution in [0.5, 0.6) is 0 Å². The van der Waals surface area contributed by atoms with E-state index in [1.54, 1.807) is 0 Å². The Balaban J connectivity index is 1.82. The molecule has 2 rings (SSSR count). The van der Waals surface area contributed by atoms with Crippen molar-refractivity contribution in [3.63, 3.8) is 0 Å². The molecular weight excluding hydrogens is 242 g/mol. The van der Waals surface area contributed by atoms with Crippen LogP contribution < -0.4 is 5.32 Å². The number of allylic oxidation sites excluding steroid dienone is 2. The molecule has 1 aliphatic carbocycles. The highest BCUT2D eigenvalue weighted by Crippen LogP contribution is 2.20. The molecule has 0 saturated carbocycles. The largest absolute Gasteiger partial charge is 0.310 e. The molecule has 20 heavy (non-hydrogen) atoms. The second kappa shape index (κ2) is 7.64. The van der Waals surface area contributed by atoms with E-state index in [0.717, 1.165) is 18.4 Å². The molecule has 110 valence electrons. The summed E-state index contributed by atoms with van der Waals surface area (Å²) >= 11 is 0. The molecule has 0 heterocycles. The van der Waals surface area contributed by atoms with Gasteiger partial charge in [0.1, 0.15) is 0 Å². The first-order chi connectivity index (χ1) is 9.65. The average Bonchev–Trinajstić information content (AvgIpc) is 2.46. The van der Waals surface area contributed by atoms with E-state index in [9.17, 15) is 0 Å². The number of hydrogen-bond acceptors (Lipinski definition) is 1. The zero-order valence-corrected chi connectivity index (χ0v) is 13.2. The van der Waals surface area contributed by atoms with Gasteiger partial charge in [-0.05, 0) is 62.1 Å². The summed E-state index contributed by atoms with van der Waals surface area (Å²) in [4.78, 5) is 0. The lowest BCUT2D eigenvalue weighted by molar-refractivity contribution is 0.415. The molecule has 1 N–H and O–H groups in total. The Morgan fingerprint density at radius 1 is 1.10 bits per heavy atom. The minimum atomic E-state index is 0.453. The zero-order valence-electron chi connectivity index (χ0n) is 13.2. The molecule has 0 bridgehead atoms. The summed E-state index contributed by atoms with van der Waals surface area (Å²) in [6, 6.07) is 9.61. The van der Waals surface area contributed by atoms with Crippen molar-refractivity contribution in [3.8, 4) is 0 Å². The van der Waals surface area contributed by atoms with E-state index in [1.165, 1.54) is 36.8 Å². The Morgan fingerprint density at radius 2 is 1.85 bits per heavy atom. The number of nitrogens with one attached hydrogen (secondary N) is 1. The Hall–Kier alpha value is -1.08. The number of hydrogen-bond donors (Lipinski definition) is 1. The van der Waals surface area contributed by atoms with Crippen LogP contribution in [0.2, 0.25) is 0 Å². The second-order valence-corrected chi connectivity index (χ2v) is 6.62. The summed E-state index contributed by atoms with van der Waals surface area (Å²) in [5.74, 6) is 1.55. The number of rotatable bonds is 6. The fourth-order valence-electron chi connectivity index (χ4n) is 2.92. The highest BCUT2D eigenvalue weighted by Gasteiger charge is 2.12. The summed E-state index contributed by atoms with van der Waals surface area (Å²) in [5.41, 5.74) is 2.86. The van der Waals surface area contributed by atoms with E-state index in [-0.39, 0.29) is 0 Å². The molecule has 1 aliphatic rings. The molecule has 1 heteroatoms. The van der Waals surface area contributed by atoms with E-state index in [1.807, 2.05) is 0 Å². The first-order valence-electron chi connectivity index (χ1n) is 8.12. The van der Waals surface area contributed by atoms with Crippen molar-refractivity contribution in [2.75, 3.05) is 6.54 Å². The monoisotopic (exact) mass is 271 g/mol. The van der Waals surface area contributed by atoms with Crippen molar-refractivity contribution >= 4 is 0 Å². The summed E-state index contributed by atoms with van der Waals surface area (Å²) in [5, 5.41) is 3.69. The Bertz CT molecular complexity index is 416. The van der Waals surface area contributed by atoms with Crippen LogP contribution in [0.25, 0.3) is 0 Å². The lowest BCUT2D eigenvalue weighted by Crippen LogP contribution is -2.26. The standard InChI is InChI=1S/C19H29N/c1-15(2)13-17-9-11-19(12-10-17)16(3)20-14-18-7-5-4-6-8-18/h4-5,9-12,15-16,18,20H,6-8,13-14H2,1-3H3. The smallest absolute Gasteiger partial charge is 0.0291 e. The van der Waals surface area contributed by atoms with Gasteiger partial charge < -0.3 is 5.32 Å². The molecule has 0 aromatic heterocycles. The highest BCUT2D eigenvalue weighted by molar-refractivity contribution is 5.25. The van der Waals surface area contributed by atoms with Gasteiger partial charge in [-0.2, -0.15) is 0 Å². The van der Waals surface area contributed by atoms with Crippen LogP contribution in [0, 0.1) is 11.8 Å². The third-order valence-corrected chi connectivity index (χ3v) is 4.21. The van der Waals surface area contributed by atoms with Gasteiger partial charge in [0.25, 0.3) is 0 Å². The Morgan fingerprint density at radius 3 is 2.45 bits per heavy atom. The molecule has 0 fully saturated rings. The fraction of sp³-hybridized carbons (Fsp3) is 0.579. The van der Waals surface area contributed by atoms with Crippen LogP contribution in [-0.4, -0.2) is 6.54 Å². The van der Waals surface area contributed by atoms with Crippen LogP contribution in [-0.2, 0) is 6.42 Å². The third kappa shape index (κ3) is 4.79. The summed E-state index contributed by atoms with van der Waals surface area (Å²) in [7, 11) is 0. The highest BCUT2D eigenvalue weighted by atomic mass is 14.9. The molecule has 1 nitrogen and oxygen atoms in total. The van der Waals surface area contributed by atoms with Crippen molar-refractivity contribution in [1.29, 1.82) is 0 Å². The van der Waals surface area contributed by atoms with Crippen LogP contribution in [0.1, 0.15) is 57.2 Å². The quantitative estimate of drug-likeness (QED) is 0.726. The summed E-state index contributed by atoms with van der Waals surface area (Å²) in [6.07, 6.45) is 9.66. The molecule has 1 aromatic carbocycles. The van der Waals surface area contributed by atoms with E-state index >= 15 is 0 Å². The summed E-state index contributed by atoms with van der Waals surface area (Å²) < 4.78 is 0. The first kappa shape index (κ1) is 15.3. The maximum absolute atomic E-state index is 3.69. The normalized spacial score (nSPS) is 20.3. The van der Waals surface area contributed by atoms with Gasteiger partial charge in [0, 0.05) is 6.04 Å². The fourth-order valence-corrected chi connectivity index (χ4v) is 2.92. The maximum Gasteiger partial charge on any atom is 0.0291 e. The van der Waals surface area contributed by atoms with Gasteiger partial charge in [-0.3, -0.25) is 0 Å². The van der Waals surface area contributed by atoms with Crippen molar-refractivity contribution in [3.05, 3.63) is 47.5 Å². The molecule has 0 radical (unpaired) electrons. The predicted molar refractivity (Wildman–Crippen MR) is 87.9 cm³/mol. The van der Waals surface area contributed by atoms with Crippen molar-refractivity contribution in [2.24, 2.45) is 11.8 Å². The van der Waals surface area contributed by atoms with Crippen molar-refractivity contribution < 1.29 is 0 Å². The van der Waals surface area contributed by atoms with E-state index in [0.29, 0.717) is 6.04 Å². The Kier molecular flexibility index (Phi) is 5.85. The van der Waals surface area contributed by atoms with Gasteiger partial charge in [-0.1, -0.05) is 50.3 Å². The molecular formula is C19H29N. The van der Waals surface area contributed by atoms with Crippen molar-refractivity contribution in [2.45, 2.75) is 52.5 Å². The van der Waals surface area contributed by atoms with Crippen LogP contribution >= 0.6 is 0 Å². The van der Waals surface area contributed by atoms with E-state index in [2.05, 4.69) is 62.5 Å². The predicted octanol–water partition coefficient (Wildman–Crippen LogP) is 4.89. The first-order valence-corrected chi connectivity index (χ1v) is 8.12. The van der Waals surface area contributed by atoms with Gasteiger partial charge in [0.15, 0.2) is 0 Å². The van der Waals surface area contributed by atoms with Gasteiger partial charge in [-0.25, -0.2) is 0 Å². The molecule has 0 spiro atoms. The van der Waals surface area contributed by atoms with Crippen LogP contribution in [0.15, 0.2) is 36.4 Å². The molecule has 1 aromatic rings. The average molecular weight is 271 g/mol. The van der Waals surface area contributed by atoms with Gasteiger partial charge in [-0.15, -0.1) is 0 Å². The van der Waals surface area contributed by atoms with Gasteiger partial charge in [0.2, 0.25) is 0 Å². The van der Waals surface area contributed by atoms with Crippen LogP contribution in [0.3, 0.4) is 0 Å². The molecule has 0 amide bonds. The zero-order chi connectivity index (χ0) is 14.4. The van der Waals surface area contributed by atoms with E-state index in [4.69, 9.17) is 0 Å². The Labute approximate surface area is 124 Å². The van der Waals surface area contributed by atoms with Gasteiger partial charge >= 0.3 is 0 Å². The van der Waals surface area contributed by atoms with E-state index < -0.39 is 0 Å². The SMILES string of the molecule is CC(C)Cc1ccc(C(C)NCC2CC=CCC2)cc1. The number of benzene rings is 1. The van der Waals surface area contributed by atoms with Crippen LogP contribution in [0.4, 0.5) is 0 Å². The van der Waals surface area contributed by atoms with Crippen molar-refractivity contribution in [1.82, 2.24) is 5.32 Å².